The molecule has 32 heavy (non-hydrogen) atoms. The third kappa shape index (κ3) is 13.1. The van der Waals surface area contributed by atoms with Crippen molar-refractivity contribution < 1.29 is 18.7 Å². The van der Waals surface area contributed by atoms with Crippen LogP contribution in [0.15, 0.2) is 73.1 Å². The molecule has 0 radical (unpaired) electrons. The lowest BCUT2D eigenvalue weighted by Gasteiger charge is -2.25. The highest BCUT2D eigenvalue weighted by molar-refractivity contribution is 5.69. The van der Waals surface area contributed by atoms with Gasteiger partial charge in [0, 0.05) is 19.3 Å². The fraction of sp³-hybridized carbons (Fsp3) is 0.519. The largest absolute Gasteiger partial charge is 0.494 e. The lowest BCUT2D eigenvalue weighted by molar-refractivity contribution is -0.143. The number of carbonyl (C=O) groups is 1. The Labute approximate surface area is 194 Å². The molecule has 0 fully saturated rings. The zero-order valence-electron chi connectivity index (χ0n) is 20.3. The maximum Gasteiger partial charge on any atom is 0.305 e. The van der Waals surface area contributed by atoms with Crippen molar-refractivity contribution in [1.82, 2.24) is 5.32 Å². The summed E-state index contributed by atoms with van der Waals surface area (Å²) in [5, 5.41) is 3.30. The van der Waals surface area contributed by atoms with Crippen LogP contribution in [0.4, 0.5) is 4.39 Å². The second-order valence-corrected chi connectivity index (χ2v) is 7.87. The Morgan fingerprint density at radius 1 is 1.06 bits per heavy atom. The maximum absolute atomic E-state index is 15.0. The van der Waals surface area contributed by atoms with Crippen LogP contribution in [0.1, 0.15) is 59.3 Å². The number of hydrogen-bond acceptors (Lipinski definition) is 4. The number of nitrogens with one attached hydrogen (secondary N) is 1. The van der Waals surface area contributed by atoms with E-state index in [4.69, 9.17) is 9.47 Å². The number of rotatable bonds is 19. The number of carbonyl (C=O) groups excluding carboxylic acids is 1. The summed E-state index contributed by atoms with van der Waals surface area (Å²) in [6, 6.07) is 0. The highest BCUT2D eigenvalue weighted by Gasteiger charge is 2.29. The molecule has 0 aliphatic heterocycles. The van der Waals surface area contributed by atoms with Crippen LogP contribution in [0.2, 0.25) is 0 Å². The minimum atomic E-state index is -1.51. The molecule has 0 aromatic carbocycles. The van der Waals surface area contributed by atoms with Crippen molar-refractivity contribution in [2.24, 2.45) is 0 Å². The number of esters is 1. The van der Waals surface area contributed by atoms with E-state index in [1.165, 1.54) is 0 Å². The molecule has 1 unspecified atom stereocenters. The first kappa shape index (κ1) is 29.6. The maximum atomic E-state index is 15.0. The highest BCUT2D eigenvalue weighted by Crippen LogP contribution is 2.29. The van der Waals surface area contributed by atoms with Gasteiger partial charge in [-0.3, -0.25) is 4.79 Å². The number of alkyl halides is 1. The molecule has 0 heterocycles. The molecule has 0 bridgehead atoms. The Balaban J connectivity index is 4.63. The zero-order chi connectivity index (χ0) is 24.4. The van der Waals surface area contributed by atoms with Gasteiger partial charge < -0.3 is 14.8 Å². The van der Waals surface area contributed by atoms with Crippen LogP contribution >= 0.6 is 0 Å². The molecule has 1 N–H and O–H groups in total. The minimum Gasteiger partial charge on any atom is -0.494 e. The van der Waals surface area contributed by atoms with Crippen molar-refractivity contribution in [2.45, 2.75) is 65.0 Å². The molecule has 4 nitrogen and oxygen atoms in total. The zero-order valence-corrected chi connectivity index (χ0v) is 20.3. The fourth-order valence-electron chi connectivity index (χ4n) is 2.91. The molecule has 1 atom stereocenters. The van der Waals surface area contributed by atoms with Crippen LogP contribution in [-0.4, -0.2) is 37.9 Å². The van der Waals surface area contributed by atoms with E-state index in [-0.39, 0.29) is 25.4 Å². The summed E-state index contributed by atoms with van der Waals surface area (Å²) in [5.41, 5.74) is 0.937. The fourth-order valence-corrected chi connectivity index (χ4v) is 2.91. The van der Waals surface area contributed by atoms with Gasteiger partial charge in [-0.2, -0.15) is 0 Å². The molecule has 0 rings (SSSR count). The SMILES string of the molecule is C=CC/C(C)=C(/C=C\C(=C)CCNCCCC(=O)OCC)OCCC(F)(CC=C)C(=C)C. The van der Waals surface area contributed by atoms with Gasteiger partial charge in [0.1, 0.15) is 11.4 Å². The van der Waals surface area contributed by atoms with Crippen LogP contribution in [0.3, 0.4) is 0 Å². The second-order valence-electron chi connectivity index (χ2n) is 7.87. The lowest BCUT2D eigenvalue weighted by atomic mass is 9.91. The van der Waals surface area contributed by atoms with Crippen molar-refractivity contribution in [1.29, 1.82) is 0 Å². The molecular formula is C27H42FNO3. The van der Waals surface area contributed by atoms with E-state index in [1.54, 1.807) is 19.9 Å². The highest BCUT2D eigenvalue weighted by atomic mass is 19.1. The third-order valence-electron chi connectivity index (χ3n) is 4.99. The van der Waals surface area contributed by atoms with Crippen LogP contribution in [0, 0.1) is 0 Å². The molecule has 0 amide bonds. The third-order valence-corrected chi connectivity index (χ3v) is 4.99. The summed E-state index contributed by atoms with van der Waals surface area (Å²) in [6.45, 7) is 22.9. The average molecular weight is 448 g/mol. The first-order valence-electron chi connectivity index (χ1n) is 11.3. The van der Waals surface area contributed by atoms with Gasteiger partial charge in [0.2, 0.25) is 0 Å². The molecule has 5 heteroatoms. The van der Waals surface area contributed by atoms with Gasteiger partial charge in [0.05, 0.1) is 13.2 Å². The molecule has 0 aliphatic rings. The van der Waals surface area contributed by atoms with E-state index < -0.39 is 5.67 Å². The lowest BCUT2D eigenvalue weighted by Crippen LogP contribution is -2.25. The number of hydrogen-bond donors (Lipinski definition) is 1. The summed E-state index contributed by atoms with van der Waals surface area (Å²) in [6.07, 6.45) is 10.2. The monoisotopic (exact) mass is 447 g/mol. The minimum absolute atomic E-state index is 0.159. The normalized spacial score (nSPS) is 13.8. The Hall–Kier alpha value is -2.40. The van der Waals surface area contributed by atoms with Crippen LogP contribution < -0.4 is 5.32 Å². The molecule has 0 aromatic heterocycles. The predicted molar refractivity (Wildman–Crippen MR) is 133 cm³/mol. The van der Waals surface area contributed by atoms with Gasteiger partial charge in [-0.25, -0.2) is 4.39 Å². The Kier molecular flexibility index (Phi) is 15.9. The topological polar surface area (TPSA) is 47.6 Å². The van der Waals surface area contributed by atoms with Crippen molar-refractivity contribution in [3.05, 3.63) is 73.1 Å². The van der Waals surface area contributed by atoms with Crippen LogP contribution in [0.5, 0.6) is 0 Å². The van der Waals surface area contributed by atoms with E-state index in [9.17, 15) is 9.18 Å². The first-order valence-corrected chi connectivity index (χ1v) is 11.3. The van der Waals surface area contributed by atoms with E-state index >= 15 is 0 Å². The van der Waals surface area contributed by atoms with Crippen molar-refractivity contribution in [3.8, 4) is 0 Å². The van der Waals surface area contributed by atoms with Gasteiger partial charge in [-0.05, 0) is 70.3 Å². The van der Waals surface area contributed by atoms with Gasteiger partial charge in [-0.15, -0.1) is 13.2 Å². The molecule has 0 spiro atoms. The van der Waals surface area contributed by atoms with E-state index in [0.717, 1.165) is 37.1 Å². The number of ether oxygens (including phenoxy) is 2. The standard InChI is InChI=1S/C27H42FNO3/c1-8-12-24(7)25(32-21-18-27(28,17-9-2)22(4)5)15-14-23(6)16-20-29-19-11-13-26(30)31-10-3/h8-9,14-15,29H,1-2,4,6,10-13,16-21H2,3,5,7H3/b15-14-,25-24-. The van der Waals surface area contributed by atoms with Crippen molar-refractivity contribution in [3.63, 3.8) is 0 Å². The second kappa shape index (κ2) is 17.2. The quantitative estimate of drug-likeness (QED) is 0.0803. The van der Waals surface area contributed by atoms with E-state index in [1.807, 2.05) is 25.2 Å². The summed E-state index contributed by atoms with van der Waals surface area (Å²) in [4.78, 5) is 11.3. The van der Waals surface area contributed by atoms with E-state index in [2.05, 4.69) is 31.6 Å². The van der Waals surface area contributed by atoms with Gasteiger partial charge in [-0.1, -0.05) is 37.0 Å². The smallest absolute Gasteiger partial charge is 0.305 e. The molecule has 0 saturated carbocycles. The Morgan fingerprint density at radius 2 is 1.78 bits per heavy atom. The summed E-state index contributed by atoms with van der Waals surface area (Å²) >= 11 is 0. The predicted octanol–water partition coefficient (Wildman–Crippen LogP) is 6.54. The van der Waals surface area contributed by atoms with Gasteiger partial charge in [0.15, 0.2) is 0 Å². The summed E-state index contributed by atoms with van der Waals surface area (Å²) < 4.78 is 25.8. The van der Waals surface area contributed by atoms with Crippen LogP contribution in [-0.2, 0) is 14.3 Å². The first-order chi connectivity index (χ1) is 15.2. The Morgan fingerprint density at radius 3 is 2.38 bits per heavy atom. The average Bonchev–Trinajstić information content (AvgIpc) is 2.73. The van der Waals surface area contributed by atoms with Crippen LogP contribution in [0.25, 0.3) is 0 Å². The van der Waals surface area contributed by atoms with Crippen molar-refractivity contribution in [2.75, 3.05) is 26.3 Å². The number of halogens is 1. The molecule has 180 valence electrons. The van der Waals surface area contributed by atoms with Gasteiger partial charge in [0.25, 0.3) is 0 Å². The van der Waals surface area contributed by atoms with E-state index in [0.29, 0.717) is 30.8 Å². The molecular weight excluding hydrogens is 405 g/mol. The molecule has 0 saturated heterocycles. The Bertz CT molecular complexity index is 693. The molecule has 0 aliphatic carbocycles. The van der Waals surface area contributed by atoms with Crippen molar-refractivity contribution >= 4 is 5.97 Å². The summed E-state index contributed by atoms with van der Waals surface area (Å²) in [5.74, 6) is 0.546. The molecule has 0 aromatic rings. The number of allylic oxidation sites excluding steroid dienone is 6. The summed E-state index contributed by atoms with van der Waals surface area (Å²) in [7, 11) is 0. The van der Waals surface area contributed by atoms with Gasteiger partial charge >= 0.3 is 5.97 Å².